The minimum absolute atomic E-state index is 0.108. The molecule has 3 heterocycles. The number of aromatic nitrogens is 4. The second kappa shape index (κ2) is 8.96. The Morgan fingerprint density at radius 3 is 2.88 bits per heavy atom. The number of fused-ring (bicyclic) bond motifs is 3. The first-order valence-electron chi connectivity index (χ1n) is 11.1. The summed E-state index contributed by atoms with van der Waals surface area (Å²) in [5.41, 5.74) is 4.34. The molecule has 8 heteroatoms. The molecule has 0 fully saturated rings. The van der Waals surface area contributed by atoms with E-state index >= 15 is 0 Å². The summed E-state index contributed by atoms with van der Waals surface area (Å²) in [6.07, 6.45) is 6.47. The van der Waals surface area contributed by atoms with E-state index in [0.717, 1.165) is 53.7 Å². The summed E-state index contributed by atoms with van der Waals surface area (Å²) in [5.74, 6) is 0. The Morgan fingerprint density at radius 1 is 1.25 bits per heavy atom. The van der Waals surface area contributed by atoms with Gasteiger partial charge in [-0.25, -0.2) is 9.61 Å². The highest BCUT2D eigenvalue weighted by Crippen LogP contribution is 2.35. The van der Waals surface area contributed by atoms with E-state index in [-0.39, 0.29) is 5.56 Å². The third-order valence-corrected chi connectivity index (χ3v) is 7.65. The molecule has 7 nitrogen and oxygen atoms in total. The normalized spacial score (nSPS) is 16.0. The lowest BCUT2D eigenvalue weighted by Crippen LogP contribution is -2.36. The first-order valence-corrected chi connectivity index (χ1v) is 11.9. The highest BCUT2D eigenvalue weighted by atomic mass is 32.1. The van der Waals surface area contributed by atoms with Crippen molar-refractivity contribution in [2.75, 3.05) is 7.05 Å². The van der Waals surface area contributed by atoms with Crippen LogP contribution in [0.25, 0.3) is 10.2 Å². The standard InChI is InChI=1S/C24H27N5O2S/c1-16-20(27-31-26-16)14-28(2)18-10-11-19-21(13-18)32-23-22(19)24(30)29(15-25-23)12-6-9-17-7-4-3-5-8-17/h3-5,7-8,15,18H,6,9-14H2,1-2H3. The van der Waals surface area contributed by atoms with Crippen LogP contribution < -0.4 is 5.56 Å². The molecule has 0 saturated heterocycles. The van der Waals surface area contributed by atoms with Gasteiger partial charge < -0.3 is 0 Å². The first kappa shape index (κ1) is 21.0. The van der Waals surface area contributed by atoms with Gasteiger partial charge in [0.1, 0.15) is 16.2 Å². The van der Waals surface area contributed by atoms with Gasteiger partial charge in [-0.15, -0.1) is 11.3 Å². The summed E-state index contributed by atoms with van der Waals surface area (Å²) in [7, 11) is 2.12. The zero-order valence-electron chi connectivity index (χ0n) is 18.5. The van der Waals surface area contributed by atoms with Crippen molar-refractivity contribution in [1.29, 1.82) is 0 Å². The number of nitrogens with zero attached hydrogens (tertiary/aromatic N) is 5. The van der Waals surface area contributed by atoms with E-state index in [1.807, 2.05) is 13.0 Å². The molecule has 0 amide bonds. The van der Waals surface area contributed by atoms with E-state index in [4.69, 9.17) is 4.63 Å². The van der Waals surface area contributed by atoms with Crippen molar-refractivity contribution >= 4 is 21.6 Å². The van der Waals surface area contributed by atoms with Gasteiger partial charge in [-0.2, -0.15) is 0 Å². The smallest absolute Gasteiger partial charge is 0.262 e. The highest BCUT2D eigenvalue weighted by molar-refractivity contribution is 7.18. The van der Waals surface area contributed by atoms with Gasteiger partial charge in [-0.3, -0.25) is 14.3 Å². The Hall–Kier alpha value is -2.84. The zero-order valence-corrected chi connectivity index (χ0v) is 19.3. The molecule has 0 bridgehead atoms. The Balaban J connectivity index is 1.31. The zero-order chi connectivity index (χ0) is 22.1. The van der Waals surface area contributed by atoms with Crippen LogP contribution >= 0.6 is 11.3 Å². The van der Waals surface area contributed by atoms with Gasteiger partial charge in [0.2, 0.25) is 0 Å². The summed E-state index contributed by atoms with van der Waals surface area (Å²) in [4.78, 5) is 22.4. The van der Waals surface area contributed by atoms with E-state index in [2.05, 4.69) is 51.5 Å². The molecule has 1 unspecified atom stereocenters. The maximum atomic E-state index is 13.3. The van der Waals surface area contributed by atoms with Crippen molar-refractivity contribution in [3.05, 3.63) is 74.4 Å². The van der Waals surface area contributed by atoms with E-state index < -0.39 is 0 Å². The molecule has 1 aliphatic carbocycles. The van der Waals surface area contributed by atoms with Crippen LogP contribution in [-0.2, 0) is 32.4 Å². The van der Waals surface area contributed by atoms with Crippen molar-refractivity contribution in [1.82, 2.24) is 24.8 Å². The minimum Gasteiger partial charge on any atom is -0.299 e. The Kier molecular flexibility index (Phi) is 5.89. The van der Waals surface area contributed by atoms with Crippen LogP contribution in [-0.4, -0.2) is 37.9 Å². The molecule has 32 heavy (non-hydrogen) atoms. The molecular weight excluding hydrogens is 422 g/mol. The number of likely N-dealkylation sites (N-methyl/N-ethyl adjacent to an activating group) is 1. The summed E-state index contributed by atoms with van der Waals surface area (Å²) in [5, 5.41) is 8.73. The van der Waals surface area contributed by atoms with Gasteiger partial charge in [0.25, 0.3) is 5.56 Å². The van der Waals surface area contributed by atoms with Crippen LogP contribution in [0.1, 0.15) is 40.2 Å². The average Bonchev–Trinajstić information content (AvgIpc) is 3.38. The van der Waals surface area contributed by atoms with E-state index in [9.17, 15) is 4.79 Å². The first-order chi connectivity index (χ1) is 15.6. The van der Waals surface area contributed by atoms with Gasteiger partial charge in [-0.1, -0.05) is 40.6 Å². The lowest BCUT2D eigenvalue weighted by Gasteiger charge is -2.30. The van der Waals surface area contributed by atoms with Crippen LogP contribution in [0.15, 0.2) is 46.1 Å². The fourth-order valence-corrected chi connectivity index (χ4v) is 5.82. The lowest BCUT2D eigenvalue weighted by atomic mass is 9.92. The molecule has 166 valence electrons. The molecule has 1 aromatic carbocycles. The number of hydrogen-bond donors (Lipinski definition) is 0. The molecule has 4 aromatic rings. The van der Waals surface area contributed by atoms with Crippen molar-refractivity contribution in [2.45, 2.75) is 58.2 Å². The molecule has 1 atom stereocenters. The molecule has 0 N–H and O–H groups in total. The van der Waals surface area contributed by atoms with Crippen LogP contribution in [0, 0.1) is 6.92 Å². The second-order valence-electron chi connectivity index (χ2n) is 8.62. The second-order valence-corrected chi connectivity index (χ2v) is 9.71. The summed E-state index contributed by atoms with van der Waals surface area (Å²) >= 11 is 1.68. The number of hydrogen-bond acceptors (Lipinski definition) is 7. The van der Waals surface area contributed by atoms with Crippen molar-refractivity contribution in [3.8, 4) is 0 Å². The summed E-state index contributed by atoms with van der Waals surface area (Å²) < 4.78 is 6.63. The maximum Gasteiger partial charge on any atom is 0.262 e. The van der Waals surface area contributed by atoms with E-state index in [1.54, 1.807) is 22.2 Å². The molecule has 0 radical (unpaired) electrons. The number of thiophene rings is 1. The van der Waals surface area contributed by atoms with Crippen LogP contribution in [0.3, 0.4) is 0 Å². The fourth-order valence-electron chi connectivity index (χ4n) is 4.58. The molecule has 5 rings (SSSR count). The van der Waals surface area contributed by atoms with Gasteiger partial charge in [0.05, 0.1) is 11.7 Å². The Morgan fingerprint density at radius 2 is 2.09 bits per heavy atom. The van der Waals surface area contributed by atoms with Crippen molar-refractivity contribution in [3.63, 3.8) is 0 Å². The van der Waals surface area contributed by atoms with Gasteiger partial charge in [0, 0.05) is 24.0 Å². The minimum atomic E-state index is 0.108. The number of benzene rings is 1. The third-order valence-electron chi connectivity index (χ3n) is 6.49. The van der Waals surface area contributed by atoms with Crippen molar-refractivity contribution < 1.29 is 4.63 Å². The molecule has 1 aliphatic rings. The predicted molar refractivity (Wildman–Crippen MR) is 125 cm³/mol. The topological polar surface area (TPSA) is 77.1 Å². The van der Waals surface area contributed by atoms with E-state index in [0.29, 0.717) is 19.1 Å². The van der Waals surface area contributed by atoms with Crippen molar-refractivity contribution in [2.24, 2.45) is 0 Å². The Bertz CT molecular complexity index is 1280. The van der Waals surface area contributed by atoms with Gasteiger partial charge >= 0.3 is 0 Å². The van der Waals surface area contributed by atoms with Crippen LogP contribution in [0.2, 0.25) is 0 Å². The monoisotopic (exact) mass is 449 g/mol. The molecule has 0 spiro atoms. The largest absolute Gasteiger partial charge is 0.299 e. The number of rotatable bonds is 7. The van der Waals surface area contributed by atoms with Crippen LogP contribution in [0.4, 0.5) is 0 Å². The molecule has 3 aromatic heterocycles. The Labute approximate surface area is 190 Å². The summed E-state index contributed by atoms with van der Waals surface area (Å²) in [6.45, 7) is 3.33. The fraction of sp³-hybridized carbons (Fsp3) is 0.417. The molecule has 0 saturated carbocycles. The van der Waals surface area contributed by atoms with Gasteiger partial charge in [-0.05, 0) is 57.2 Å². The van der Waals surface area contributed by atoms with Crippen LogP contribution in [0.5, 0.6) is 0 Å². The number of aryl methyl sites for hydroxylation is 4. The lowest BCUT2D eigenvalue weighted by molar-refractivity contribution is 0.207. The quantitative estimate of drug-likeness (QED) is 0.427. The maximum absolute atomic E-state index is 13.3. The van der Waals surface area contributed by atoms with Gasteiger partial charge in [0.15, 0.2) is 0 Å². The SMILES string of the molecule is Cc1nonc1CN(C)C1CCc2c(sc3ncn(CCCc4ccccc4)c(=O)c23)C1. The average molecular weight is 450 g/mol. The molecular formula is C24H27N5O2S. The third kappa shape index (κ3) is 4.12. The highest BCUT2D eigenvalue weighted by Gasteiger charge is 2.28. The summed E-state index contributed by atoms with van der Waals surface area (Å²) in [6, 6.07) is 10.8. The van der Waals surface area contributed by atoms with E-state index in [1.165, 1.54) is 16.0 Å². The molecule has 0 aliphatic heterocycles. The predicted octanol–water partition coefficient (Wildman–Crippen LogP) is 3.77.